The number of aliphatic hydroxyl groups excluding tert-OH is 1. The third kappa shape index (κ3) is 3.06. The van der Waals surface area contributed by atoms with Crippen LogP contribution >= 0.6 is 0 Å². The summed E-state index contributed by atoms with van der Waals surface area (Å²) < 4.78 is 0. The van der Waals surface area contributed by atoms with E-state index in [2.05, 4.69) is 5.32 Å². The highest BCUT2D eigenvalue weighted by atomic mass is 16.3. The van der Waals surface area contributed by atoms with E-state index in [1.807, 2.05) is 0 Å². The van der Waals surface area contributed by atoms with Gasteiger partial charge in [0, 0.05) is 13.1 Å². The highest BCUT2D eigenvalue weighted by Crippen LogP contribution is 2.07. The summed E-state index contributed by atoms with van der Waals surface area (Å²) in [5.41, 5.74) is 0. The van der Waals surface area contributed by atoms with Crippen LogP contribution in [0.5, 0.6) is 0 Å². The van der Waals surface area contributed by atoms with E-state index in [-0.39, 0.29) is 18.3 Å². The standard InChI is InChI=1S/C7H13BN2O3/c8-7(13)9-3-6(12)10-2-1-5(11)4-10/h5,11H,1-4,8H2,(H,9,13)/t5-/m1/s1. The van der Waals surface area contributed by atoms with Crippen molar-refractivity contribution < 1.29 is 14.7 Å². The number of hydrogen-bond donors (Lipinski definition) is 2. The van der Waals surface area contributed by atoms with Crippen LogP contribution < -0.4 is 5.32 Å². The topological polar surface area (TPSA) is 69.6 Å². The molecule has 0 saturated carbocycles. The fourth-order valence-corrected chi connectivity index (χ4v) is 1.28. The van der Waals surface area contributed by atoms with Crippen molar-refractivity contribution in [2.75, 3.05) is 19.6 Å². The van der Waals surface area contributed by atoms with Gasteiger partial charge in [0.15, 0.2) is 5.81 Å². The number of likely N-dealkylation sites (tertiary alicyclic amines) is 1. The minimum absolute atomic E-state index is 0.0298. The molecule has 0 bridgehead atoms. The maximum atomic E-state index is 11.3. The van der Waals surface area contributed by atoms with Gasteiger partial charge in [0.2, 0.25) is 13.8 Å². The molecular weight excluding hydrogens is 171 g/mol. The highest BCUT2D eigenvalue weighted by Gasteiger charge is 2.23. The number of carbonyl (C=O) groups is 2. The van der Waals surface area contributed by atoms with E-state index in [1.54, 1.807) is 4.90 Å². The number of nitrogens with zero attached hydrogens (tertiary/aromatic N) is 1. The molecule has 1 fully saturated rings. The molecule has 72 valence electrons. The Hall–Kier alpha value is -1.04. The number of hydrogen-bond acceptors (Lipinski definition) is 3. The molecule has 2 amide bonds. The molecule has 5 nitrogen and oxygen atoms in total. The Morgan fingerprint density at radius 2 is 2.31 bits per heavy atom. The van der Waals surface area contributed by atoms with Crippen molar-refractivity contribution in [3.05, 3.63) is 0 Å². The second-order valence-electron chi connectivity index (χ2n) is 3.19. The van der Waals surface area contributed by atoms with Crippen molar-refractivity contribution in [2.24, 2.45) is 0 Å². The SMILES string of the molecule is BC(=O)NCC(=O)N1CC[C@@H](O)C1. The Morgan fingerprint density at radius 3 is 2.77 bits per heavy atom. The maximum absolute atomic E-state index is 11.3. The second kappa shape index (κ2) is 4.27. The lowest BCUT2D eigenvalue weighted by Crippen LogP contribution is -2.39. The van der Waals surface area contributed by atoms with Gasteiger partial charge in [-0.2, -0.15) is 0 Å². The van der Waals surface area contributed by atoms with Crippen molar-refractivity contribution in [3.63, 3.8) is 0 Å². The summed E-state index contributed by atoms with van der Waals surface area (Å²) in [5, 5.41) is 11.6. The highest BCUT2D eigenvalue weighted by molar-refractivity contribution is 6.57. The van der Waals surface area contributed by atoms with Gasteiger partial charge < -0.3 is 15.3 Å². The fraction of sp³-hybridized carbons (Fsp3) is 0.714. The largest absolute Gasteiger partial charge is 0.391 e. The molecule has 0 spiro atoms. The zero-order valence-corrected chi connectivity index (χ0v) is 7.62. The van der Waals surface area contributed by atoms with Gasteiger partial charge in [-0.3, -0.25) is 9.59 Å². The van der Waals surface area contributed by atoms with E-state index in [0.29, 0.717) is 19.5 Å². The van der Waals surface area contributed by atoms with Crippen LogP contribution in [0.4, 0.5) is 4.79 Å². The molecule has 0 aromatic carbocycles. The summed E-state index contributed by atoms with van der Waals surface area (Å²) in [4.78, 5) is 23.3. The Bertz CT molecular complexity index is 222. The van der Waals surface area contributed by atoms with Gasteiger partial charge in [0.25, 0.3) is 0 Å². The van der Waals surface area contributed by atoms with E-state index in [0.717, 1.165) is 0 Å². The molecule has 6 heteroatoms. The molecule has 1 rings (SSSR count). The normalized spacial score (nSPS) is 21.6. The summed E-state index contributed by atoms with van der Waals surface area (Å²) in [7, 11) is 1.37. The molecule has 0 aromatic rings. The first-order valence-electron chi connectivity index (χ1n) is 4.30. The third-order valence-electron chi connectivity index (χ3n) is 2.00. The lowest BCUT2D eigenvalue weighted by Gasteiger charge is -2.15. The van der Waals surface area contributed by atoms with Crippen molar-refractivity contribution in [1.82, 2.24) is 10.2 Å². The molecule has 1 aliphatic heterocycles. The van der Waals surface area contributed by atoms with Crippen molar-refractivity contribution in [3.8, 4) is 0 Å². The zero-order chi connectivity index (χ0) is 9.84. The van der Waals surface area contributed by atoms with Gasteiger partial charge in [-0.25, -0.2) is 0 Å². The summed E-state index contributed by atoms with van der Waals surface area (Å²) in [6.07, 6.45) is 0.229. The van der Waals surface area contributed by atoms with Gasteiger partial charge in [0.05, 0.1) is 12.6 Å². The van der Waals surface area contributed by atoms with Crippen LogP contribution in [-0.2, 0) is 4.79 Å². The van der Waals surface area contributed by atoms with Gasteiger partial charge in [-0.15, -0.1) is 0 Å². The van der Waals surface area contributed by atoms with Gasteiger partial charge in [-0.1, -0.05) is 0 Å². The van der Waals surface area contributed by atoms with Gasteiger partial charge in [0.1, 0.15) is 0 Å². The lowest BCUT2D eigenvalue weighted by atomic mass is 10.1. The first-order chi connectivity index (χ1) is 6.09. The van der Waals surface area contributed by atoms with Crippen LogP contribution in [0.2, 0.25) is 0 Å². The molecular formula is C7H13BN2O3. The molecule has 0 radical (unpaired) electrons. The zero-order valence-electron chi connectivity index (χ0n) is 7.62. The Morgan fingerprint density at radius 1 is 1.62 bits per heavy atom. The summed E-state index contributed by atoms with van der Waals surface area (Å²) >= 11 is 0. The number of nitrogens with one attached hydrogen (secondary N) is 1. The number of rotatable bonds is 2. The fourth-order valence-electron chi connectivity index (χ4n) is 1.28. The summed E-state index contributed by atoms with van der Waals surface area (Å²) in [6, 6.07) is 0. The molecule has 1 heterocycles. The van der Waals surface area contributed by atoms with Gasteiger partial charge in [-0.05, 0) is 6.42 Å². The van der Waals surface area contributed by atoms with Crippen LogP contribution in [-0.4, -0.2) is 55.3 Å². The Labute approximate surface area is 77.5 Å². The molecule has 0 aromatic heterocycles. The first-order valence-corrected chi connectivity index (χ1v) is 4.30. The third-order valence-corrected chi connectivity index (χ3v) is 2.00. The summed E-state index contributed by atoms with van der Waals surface area (Å²) in [5.74, 6) is -0.347. The van der Waals surface area contributed by atoms with Crippen LogP contribution in [0.25, 0.3) is 0 Å². The quantitative estimate of drug-likeness (QED) is 0.484. The number of carbonyl (C=O) groups excluding carboxylic acids is 2. The van der Waals surface area contributed by atoms with Gasteiger partial charge >= 0.3 is 0 Å². The smallest absolute Gasteiger partial charge is 0.242 e. The predicted octanol–water partition coefficient (Wildman–Crippen LogP) is -2.08. The van der Waals surface area contributed by atoms with E-state index < -0.39 is 6.10 Å². The first kappa shape index (κ1) is 10.0. The van der Waals surface area contributed by atoms with Crippen LogP contribution in [0.1, 0.15) is 6.42 Å². The average molecular weight is 184 g/mol. The summed E-state index contributed by atoms with van der Waals surface area (Å²) in [6.45, 7) is 1.00. The maximum Gasteiger partial charge on any atom is 0.242 e. The van der Waals surface area contributed by atoms with Crippen LogP contribution in [0.3, 0.4) is 0 Å². The molecule has 2 N–H and O–H groups in total. The molecule has 1 aliphatic rings. The van der Waals surface area contributed by atoms with E-state index in [1.165, 1.54) is 7.85 Å². The minimum atomic E-state index is -0.402. The minimum Gasteiger partial charge on any atom is -0.391 e. The van der Waals surface area contributed by atoms with Crippen molar-refractivity contribution >= 4 is 19.6 Å². The van der Waals surface area contributed by atoms with E-state index in [4.69, 9.17) is 5.11 Å². The lowest BCUT2D eigenvalue weighted by molar-refractivity contribution is -0.129. The number of β-amino-alcohol motifs (C(OH)–C–C–N with tert-alkyl or cyclic N) is 1. The van der Waals surface area contributed by atoms with Crippen molar-refractivity contribution in [1.29, 1.82) is 0 Å². The molecule has 0 unspecified atom stereocenters. The number of aliphatic hydroxyl groups is 1. The molecule has 13 heavy (non-hydrogen) atoms. The molecule has 0 aliphatic carbocycles. The van der Waals surface area contributed by atoms with E-state index in [9.17, 15) is 9.59 Å². The van der Waals surface area contributed by atoms with Crippen molar-refractivity contribution in [2.45, 2.75) is 12.5 Å². The monoisotopic (exact) mass is 184 g/mol. The van der Waals surface area contributed by atoms with Crippen LogP contribution in [0.15, 0.2) is 0 Å². The average Bonchev–Trinajstić information content (AvgIpc) is 2.47. The Balaban J connectivity index is 2.27. The molecule has 1 saturated heterocycles. The molecule has 1 atom stereocenters. The predicted molar refractivity (Wildman–Crippen MR) is 49.1 cm³/mol. The van der Waals surface area contributed by atoms with E-state index >= 15 is 0 Å². The second-order valence-corrected chi connectivity index (χ2v) is 3.19. The number of amides is 2. The Kier molecular flexibility index (Phi) is 3.30. The van der Waals surface area contributed by atoms with Crippen LogP contribution in [0, 0.1) is 0 Å².